The maximum Gasteiger partial charge on any atom is 0.209 e. The number of pyridine rings is 1. The molecule has 0 amide bonds. The highest BCUT2D eigenvalue weighted by Gasteiger charge is 2.39. The second kappa shape index (κ2) is 9.40. The van der Waals surface area contributed by atoms with Crippen molar-refractivity contribution in [2.75, 3.05) is 50.2 Å². The normalized spacial score (nSPS) is 19.0. The Hall–Kier alpha value is -3.49. The summed E-state index contributed by atoms with van der Waals surface area (Å²) in [6.45, 7) is 6.94. The van der Waals surface area contributed by atoms with E-state index >= 15 is 0 Å². The highest BCUT2D eigenvalue weighted by atomic mass is 32.2. The van der Waals surface area contributed by atoms with Gasteiger partial charge in [-0.2, -0.15) is 0 Å². The average Bonchev–Trinajstić information content (AvgIpc) is 3.57. The number of nitrogens with zero attached hydrogens (tertiary/aromatic N) is 8. The molecule has 3 aromatic heterocycles. The zero-order valence-corrected chi connectivity index (χ0v) is 19.7. The maximum absolute atomic E-state index is 13.6. The second-order valence-electron chi connectivity index (χ2n) is 8.39. The molecule has 5 heterocycles. The molecule has 5 rings (SSSR count). The summed E-state index contributed by atoms with van der Waals surface area (Å²) in [7, 11) is 3.77. The van der Waals surface area contributed by atoms with Crippen molar-refractivity contribution in [2.45, 2.75) is 0 Å². The Morgan fingerprint density at radius 2 is 2.00 bits per heavy atom. The van der Waals surface area contributed by atoms with Crippen LogP contribution in [-0.4, -0.2) is 71.0 Å². The number of ether oxygens (including phenoxy) is 1. The molecule has 3 aromatic rings. The average molecular weight is 479 g/mol. The van der Waals surface area contributed by atoms with Crippen LogP contribution in [0.25, 0.3) is 11.3 Å². The van der Waals surface area contributed by atoms with Crippen LogP contribution in [0.3, 0.4) is 0 Å². The molecule has 9 nitrogen and oxygen atoms in total. The first kappa shape index (κ1) is 22.3. The van der Waals surface area contributed by atoms with Gasteiger partial charge in [0, 0.05) is 63.2 Å². The van der Waals surface area contributed by atoms with Crippen LogP contribution >= 0.6 is 12.3 Å². The lowest BCUT2D eigenvalue weighted by Crippen LogP contribution is -2.25. The number of hydrogen-bond donors (Lipinski definition) is 0. The Kier molecular flexibility index (Phi) is 6.17. The van der Waals surface area contributed by atoms with E-state index in [1.807, 2.05) is 25.1 Å². The van der Waals surface area contributed by atoms with Crippen LogP contribution in [0.1, 0.15) is 11.6 Å². The van der Waals surface area contributed by atoms with E-state index in [1.54, 1.807) is 24.7 Å². The molecule has 174 valence electrons. The summed E-state index contributed by atoms with van der Waals surface area (Å²) in [5.41, 5.74) is 1.98. The van der Waals surface area contributed by atoms with Crippen molar-refractivity contribution in [3.05, 3.63) is 42.4 Å². The van der Waals surface area contributed by atoms with Gasteiger partial charge in [-0.3, -0.25) is 9.98 Å². The molecule has 0 aromatic carbocycles. The molecule has 0 aliphatic carbocycles. The molecule has 0 unspecified atom stereocenters. The van der Waals surface area contributed by atoms with Crippen LogP contribution in [0.4, 0.5) is 21.2 Å². The van der Waals surface area contributed by atoms with Gasteiger partial charge >= 0.3 is 0 Å². The summed E-state index contributed by atoms with van der Waals surface area (Å²) in [5, 5.41) is 0. The van der Waals surface area contributed by atoms with Crippen molar-refractivity contribution in [3.8, 4) is 23.1 Å². The van der Waals surface area contributed by atoms with Crippen LogP contribution in [0.2, 0.25) is 0 Å². The van der Waals surface area contributed by atoms with Gasteiger partial charge in [-0.05, 0) is 30.7 Å². The fraction of sp³-hybridized carbons (Fsp3) is 0.348. The lowest BCUT2D eigenvalue weighted by atomic mass is 10.0. The van der Waals surface area contributed by atoms with Gasteiger partial charge in [0.1, 0.15) is 5.69 Å². The van der Waals surface area contributed by atoms with E-state index in [-0.39, 0.29) is 18.2 Å². The van der Waals surface area contributed by atoms with Gasteiger partial charge in [-0.15, -0.1) is 3.89 Å². The van der Waals surface area contributed by atoms with Crippen LogP contribution < -0.4 is 9.80 Å². The molecule has 2 aliphatic heterocycles. The van der Waals surface area contributed by atoms with E-state index in [2.05, 4.69) is 43.4 Å². The van der Waals surface area contributed by atoms with Crippen molar-refractivity contribution in [1.29, 1.82) is 0 Å². The lowest BCUT2D eigenvalue weighted by molar-refractivity contribution is 0.177. The minimum Gasteiger partial charge on any atom is -0.381 e. The summed E-state index contributed by atoms with van der Waals surface area (Å²) in [5.74, 6) is 8.73. The Bertz CT molecular complexity index is 1260. The zero-order chi connectivity index (χ0) is 23.7. The van der Waals surface area contributed by atoms with Crippen LogP contribution in [0.15, 0.2) is 35.7 Å². The van der Waals surface area contributed by atoms with Gasteiger partial charge in [-0.25, -0.2) is 18.9 Å². The number of imidazole rings is 1. The quantitative estimate of drug-likeness (QED) is 0.409. The fourth-order valence-electron chi connectivity index (χ4n) is 4.29. The molecule has 0 spiro atoms. The van der Waals surface area contributed by atoms with E-state index in [9.17, 15) is 3.89 Å². The molecule has 2 atom stereocenters. The van der Waals surface area contributed by atoms with Crippen LogP contribution in [-0.2, 0) is 4.74 Å². The number of halogens is 1. The van der Waals surface area contributed by atoms with Crippen molar-refractivity contribution in [3.63, 3.8) is 0 Å². The van der Waals surface area contributed by atoms with Crippen LogP contribution in [0, 0.1) is 23.7 Å². The van der Waals surface area contributed by atoms with Crippen molar-refractivity contribution < 1.29 is 8.62 Å². The monoisotopic (exact) mass is 478 g/mol. The zero-order valence-electron chi connectivity index (χ0n) is 18.8. The van der Waals surface area contributed by atoms with Gasteiger partial charge in [0.05, 0.1) is 18.9 Å². The van der Waals surface area contributed by atoms with Crippen molar-refractivity contribution in [2.24, 2.45) is 16.8 Å². The minimum absolute atomic E-state index is 0.0320. The Balaban J connectivity index is 1.52. The summed E-state index contributed by atoms with van der Waals surface area (Å²) < 4.78 is 20.5. The Morgan fingerprint density at radius 1 is 1.21 bits per heavy atom. The number of fused-ring (bicyclic) bond motifs is 1. The Labute approximate surface area is 201 Å². The second-order valence-corrected chi connectivity index (χ2v) is 8.93. The molecule has 11 heteroatoms. The van der Waals surface area contributed by atoms with Crippen molar-refractivity contribution >= 4 is 36.4 Å². The minimum atomic E-state index is 0.0320. The number of anilines is 2. The smallest absolute Gasteiger partial charge is 0.209 e. The first-order valence-corrected chi connectivity index (χ1v) is 11.4. The van der Waals surface area contributed by atoms with Gasteiger partial charge in [-0.1, -0.05) is 0 Å². The first-order chi connectivity index (χ1) is 16.6. The van der Waals surface area contributed by atoms with E-state index in [0.29, 0.717) is 40.7 Å². The van der Waals surface area contributed by atoms with Gasteiger partial charge in [0.25, 0.3) is 0 Å². The molecule has 2 fully saturated rings. The first-order valence-electron chi connectivity index (χ1n) is 10.8. The van der Waals surface area contributed by atoms with Gasteiger partial charge < -0.3 is 14.5 Å². The largest absolute Gasteiger partial charge is 0.381 e. The molecule has 0 saturated carbocycles. The predicted octanol–water partition coefficient (Wildman–Crippen LogP) is 3.00. The third kappa shape index (κ3) is 4.22. The lowest BCUT2D eigenvalue weighted by Gasteiger charge is -2.23. The number of rotatable bonds is 5. The molecule has 0 N–H and O–H groups in total. The number of aliphatic imine (C=N–C) groups is 1. The predicted molar refractivity (Wildman–Crippen MR) is 131 cm³/mol. The Morgan fingerprint density at radius 3 is 2.65 bits per heavy atom. The molecule has 2 saturated heterocycles. The highest BCUT2D eigenvalue weighted by molar-refractivity contribution is 7.92. The topological polar surface area (TPSA) is 84.6 Å². The summed E-state index contributed by atoms with van der Waals surface area (Å²) in [4.78, 5) is 26.2. The van der Waals surface area contributed by atoms with E-state index in [4.69, 9.17) is 9.72 Å². The summed E-state index contributed by atoms with van der Waals surface area (Å²) >= 11 is 0.0320. The van der Waals surface area contributed by atoms with Gasteiger partial charge in [0.2, 0.25) is 5.82 Å². The van der Waals surface area contributed by atoms with E-state index < -0.39 is 0 Å². The molecular formula is C23H23FN8OS. The highest BCUT2D eigenvalue weighted by Crippen LogP contribution is 2.39. The molecule has 0 bridgehead atoms. The van der Waals surface area contributed by atoms with Crippen LogP contribution in [0.5, 0.6) is 0 Å². The molecular weight excluding hydrogens is 455 g/mol. The molecule has 0 radical (unpaired) electrons. The molecule has 2 aliphatic rings. The van der Waals surface area contributed by atoms with Gasteiger partial charge in [0.15, 0.2) is 29.8 Å². The number of aromatic nitrogens is 5. The van der Waals surface area contributed by atoms with E-state index in [0.717, 1.165) is 31.9 Å². The SMILES string of the molecule is C=Nc1c(N(C)C)nc(C#Cc2nc(-c3cccnc3)cn2SF)nc1N1C[C@H]2COC[C@H]2C1. The summed E-state index contributed by atoms with van der Waals surface area (Å²) in [6.07, 6.45) is 4.92. The standard InChI is InChI=1S/C23H23FN8OS/c1-25-21-22(30(2)3)28-19(29-23(21)31-10-16-13-33-14-17(16)11-31)6-7-20-27-18(12-32(20)34-24)15-5-4-8-26-9-15/h4-5,8-9,12,16-17H,1,10-11,13-14H2,2-3H3/t16-,17+. The fourth-order valence-corrected chi connectivity index (χ4v) is 4.58. The van der Waals surface area contributed by atoms with E-state index in [1.165, 1.54) is 3.97 Å². The molecule has 34 heavy (non-hydrogen) atoms. The maximum atomic E-state index is 13.6. The van der Waals surface area contributed by atoms with Crippen molar-refractivity contribution in [1.82, 2.24) is 23.9 Å². The summed E-state index contributed by atoms with van der Waals surface area (Å²) in [6, 6.07) is 3.66. The third-order valence-corrected chi connectivity index (χ3v) is 6.39. The number of hydrogen-bond acceptors (Lipinski definition) is 9. The third-order valence-electron chi connectivity index (χ3n) is 5.96.